The van der Waals surface area contributed by atoms with Crippen molar-refractivity contribution in [1.82, 2.24) is 10.3 Å². The first kappa shape index (κ1) is 20.5. The SMILES string of the molecule is CCOC(=O)[C@](NC(=O)c1cccnc1)(Nc1cccc(Cl)c1)C(F)(F)F. The number of rotatable bonds is 6. The molecule has 0 aliphatic heterocycles. The molecule has 1 aromatic carbocycles. The number of anilines is 1. The summed E-state index contributed by atoms with van der Waals surface area (Å²) in [6, 6.07) is 7.91. The van der Waals surface area contributed by atoms with Crippen LogP contribution in [0.4, 0.5) is 18.9 Å². The molecule has 0 bridgehead atoms. The molecule has 0 unspecified atom stereocenters. The number of amides is 1. The number of aromatic nitrogens is 1. The second kappa shape index (κ2) is 8.26. The average Bonchev–Trinajstić information content (AvgIpc) is 2.61. The lowest BCUT2D eigenvalue weighted by atomic mass is 10.1. The highest BCUT2D eigenvalue weighted by Crippen LogP contribution is 2.34. The van der Waals surface area contributed by atoms with Gasteiger partial charge in [0.1, 0.15) is 0 Å². The summed E-state index contributed by atoms with van der Waals surface area (Å²) < 4.78 is 46.5. The first-order chi connectivity index (χ1) is 12.7. The topological polar surface area (TPSA) is 80.3 Å². The Hall–Kier alpha value is -2.81. The summed E-state index contributed by atoms with van der Waals surface area (Å²) in [5.41, 5.74) is -3.83. The van der Waals surface area contributed by atoms with Gasteiger partial charge in [0, 0.05) is 23.1 Å². The molecule has 1 atom stereocenters. The summed E-state index contributed by atoms with van der Waals surface area (Å²) in [7, 11) is 0. The van der Waals surface area contributed by atoms with Gasteiger partial charge in [0.05, 0.1) is 12.2 Å². The Labute approximate surface area is 157 Å². The lowest BCUT2D eigenvalue weighted by Crippen LogP contribution is -2.69. The standard InChI is InChI=1S/C17H15ClF3N3O3/c1-2-27-15(26)16(17(19,20)21,23-13-7-3-6-12(18)9-13)24-14(25)11-5-4-8-22-10-11/h3-10,23H,2H2,1H3,(H,24,25)/t16-/m1/s1. The number of pyridine rings is 1. The molecule has 0 aliphatic carbocycles. The van der Waals surface area contributed by atoms with Crippen LogP contribution in [0.3, 0.4) is 0 Å². The Kier molecular flexibility index (Phi) is 6.27. The van der Waals surface area contributed by atoms with Crippen molar-refractivity contribution in [3.8, 4) is 0 Å². The first-order valence-corrected chi connectivity index (χ1v) is 8.07. The largest absolute Gasteiger partial charge is 0.463 e. The van der Waals surface area contributed by atoms with Gasteiger partial charge < -0.3 is 15.4 Å². The molecule has 0 saturated carbocycles. The molecule has 6 nitrogen and oxygen atoms in total. The van der Waals surface area contributed by atoms with Crippen LogP contribution >= 0.6 is 11.6 Å². The lowest BCUT2D eigenvalue weighted by molar-refractivity contribution is -0.204. The Bertz CT molecular complexity index is 818. The molecule has 2 rings (SSSR count). The van der Waals surface area contributed by atoms with Crippen molar-refractivity contribution in [2.45, 2.75) is 18.8 Å². The quantitative estimate of drug-likeness (QED) is 0.573. The molecular weight excluding hydrogens is 387 g/mol. The predicted molar refractivity (Wildman–Crippen MR) is 92.2 cm³/mol. The Balaban J connectivity index is 2.50. The zero-order valence-electron chi connectivity index (χ0n) is 14.0. The predicted octanol–water partition coefficient (Wildman–Crippen LogP) is 3.40. The summed E-state index contributed by atoms with van der Waals surface area (Å²) in [5, 5.41) is 3.87. The maximum atomic E-state index is 14.0. The van der Waals surface area contributed by atoms with E-state index in [1.807, 2.05) is 5.32 Å². The summed E-state index contributed by atoms with van der Waals surface area (Å²) in [4.78, 5) is 28.3. The molecular formula is C17H15ClF3N3O3. The maximum Gasteiger partial charge on any atom is 0.441 e. The van der Waals surface area contributed by atoms with Gasteiger partial charge in [0.25, 0.3) is 5.91 Å². The van der Waals surface area contributed by atoms with Gasteiger partial charge in [-0.3, -0.25) is 9.78 Å². The van der Waals surface area contributed by atoms with E-state index in [-0.39, 0.29) is 22.9 Å². The van der Waals surface area contributed by atoms with Crippen molar-refractivity contribution >= 4 is 29.2 Å². The van der Waals surface area contributed by atoms with E-state index in [2.05, 4.69) is 9.72 Å². The molecule has 1 aromatic heterocycles. The number of carbonyl (C=O) groups excluding carboxylic acids is 2. The fraction of sp³-hybridized carbons (Fsp3) is 0.235. The van der Waals surface area contributed by atoms with Gasteiger partial charge >= 0.3 is 17.8 Å². The fourth-order valence-corrected chi connectivity index (χ4v) is 2.34. The van der Waals surface area contributed by atoms with Crippen molar-refractivity contribution in [2.24, 2.45) is 0 Å². The number of hydrogen-bond donors (Lipinski definition) is 2. The molecule has 0 radical (unpaired) electrons. The van der Waals surface area contributed by atoms with Gasteiger partial charge in [0.15, 0.2) is 0 Å². The van der Waals surface area contributed by atoms with Crippen molar-refractivity contribution in [1.29, 1.82) is 0 Å². The number of nitrogens with zero attached hydrogens (tertiary/aromatic N) is 1. The van der Waals surface area contributed by atoms with Crippen LogP contribution in [0.1, 0.15) is 17.3 Å². The molecule has 0 fully saturated rings. The minimum atomic E-state index is -5.24. The number of ether oxygens (including phenoxy) is 1. The minimum absolute atomic E-state index is 0.138. The van der Waals surface area contributed by atoms with Gasteiger partial charge in [-0.05, 0) is 37.3 Å². The van der Waals surface area contributed by atoms with Gasteiger partial charge in [-0.25, -0.2) is 4.79 Å². The van der Waals surface area contributed by atoms with E-state index in [0.29, 0.717) is 0 Å². The van der Waals surface area contributed by atoms with Crippen LogP contribution in [0, 0.1) is 0 Å². The second-order valence-electron chi connectivity index (χ2n) is 5.30. The maximum absolute atomic E-state index is 14.0. The van der Waals surface area contributed by atoms with E-state index < -0.39 is 23.7 Å². The average molecular weight is 402 g/mol. The number of nitrogens with one attached hydrogen (secondary N) is 2. The summed E-state index contributed by atoms with van der Waals surface area (Å²) in [5.74, 6) is -2.88. The number of benzene rings is 1. The molecule has 10 heteroatoms. The van der Waals surface area contributed by atoms with E-state index in [1.165, 1.54) is 49.5 Å². The van der Waals surface area contributed by atoms with Gasteiger partial charge in [-0.15, -0.1) is 0 Å². The molecule has 27 heavy (non-hydrogen) atoms. The highest BCUT2D eigenvalue weighted by atomic mass is 35.5. The van der Waals surface area contributed by atoms with Gasteiger partial charge in [0.2, 0.25) is 0 Å². The van der Waals surface area contributed by atoms with Crippen LogP contribution in [0.15, 0.2) is 48.8 Å². The summed E-state index contributed by atoms with van der Waals surface area (Å²) in [6.07, 6.45) is -2.82. The third-order valence-electron chi connectivity index (χ3n) is 3.39. The Morgan fingerprint density at radius 3 is 2.52 bits per heavy atom. The van der Waals surface area contributed by atoms with E-state index in [0.717, 1.165) is 6.20 Å². The van der Waals surface area contributed by atoms with E-state index in [4.69, 9.17) is 11.6 Å². The highest BCUT2D eigenvalue weighted by molar-refractivity contribution is 6.30. The van der Waals surface area contributed by atoms with Crippen molar-refractivity contribution in [3.05, 3.63) is 59.4 Å². The zero-order valence-corrected chi connectivity index (χ0v) is 14.8. The monoisotopic (exact) mass is 401 g/mol. The van der Waals surface area contributed by atoms with E-state index in [9.17, 15) is 22.8 Å². The van der Waals surface area contributed by atoms with Gasteiger partial charge in [-0.1, -0.05) is 17.7 Å². The molecule has 1 amide bonds. The van der Waals surface area contributed by atoms with E-state index in [1.54, 1.807) is 5.32 Å². The van der Waals surface area contributed by atoms with E-state index >= 15 is 0 Å². The highest BCUT2D eigenvalue weighted by Gasteiger charge is 2.63. The molecule has 2 aromatic rings. The number of hydrogen-bond acceptors (Lipinski definition) is 5. The van der Waals surface area contributed by atoms with Crippen LogP contribution in [-0.4, -0.2) is 35.3 Å². The molecule has 1 heterocycles. The van der Waals surface area contributed by atoms with Crippen LogP contribution in [-0.2, 0) is 9.53 Å². The van der Waals surface area contributed by atoms with Gasteiger partial charge in [-0.2, -0.15) is 13.2 Å². The lowest BCUT2D eigenvalue weighted by Gasteiger charge is -2.35. The van der Waals surface area contributed by atoms with Crippen LogP contribution in [0.5, 0.6) is 0 Å². The molecule has 0 aliphatic rings. The Morgan fingerprint density at radius 2 is 1.96 bits per heavy atom. The second-order valence-corrected chi connectivity index (χ2v) is 5.74. The number of carbonyl (C=O) groups is 2. The van der Waals surface area contributed by atoms with Crippen molar-refractivity contribution in [3.63, 3.8) is 0 Å². The molecule has 144 valence electrons. The molecule has 0 saturated heterocycles. The van der Waals surface area contributed by atoms with Crippen molar-refractivity contribution in [2.75, 3.05) is 11.9 Å². The number of alkyl halides is 3. The third kappa shape index (κ3) is 4.68. The third-order valence-corrected chi connectivity index (χ3v) is 3.62. The minimum Gasteiger partial charge on any atom is -0.463 e. The summed E-state index contributed by atoms with van der Waals surface area (Å²) in [6.45, 7) is 1.03. The van der Waals surface area contributed by atoms with Crippen molar-refractivity contribution < 1.29 is 27.5 Å². The van der Waals surface area contributed by atoms with Crippen LogP contribution < -0.4 is 10.6 Å². The first-order valence-electron chi connectivity index (χ1n) is 7.70. The van der Waals surface area contributed by atoms with Crippen LogP contribution in [0.25, 0.3) is 0 Å². The van der Waals surface area contributed by atoms with Crippen LogP contribution in [0.2, 0.25) is 5.02 Å². The molecule has 0 spiro atoms. The fourth-order valence-electron chi connectivity index (χ4n) is 2.15. The normalized spacial score (nSPS) is 13.4. The zero-order chi connectivity index (χ0) is 20.1. The number of halogens is 4. The number of esters is 1. The molecule has 2 N–H and O–H groups in total. The Morgan fingerprint density at radius 1 is 1.22 bits per heavy atom. The smallest absolute Gasteiger partial charge is 0.441 e. The summed E-state index contributed by atoms with van der Waals surface area (Å²) >= 11 is 5.80.